The first-order valence-electron chi connectivity index (χ1n) is 16.5. The van der Waals surface area contributed by atoms with E-state index in [1.807, 2.05) is 13.2 Å². The quantitative estimate of drug-likeness (QED) is 0.0353. The van der Waals surface area contributed by atoms with E-state index in [2.05, 4.69) is 26.6 Å². The number of aliphatic carboxylic acids is 3. The Hall–Kier alpha value is -3.97. The largest absolute Gasteiger partial charge is 0.480 e. The van der Waals surface area contributed by atoms with E-state index in [9.17, 15) is 48.6 Å². The molecular formula is C31H55N5O13S. The molecule has 0 aliphatic heterocycles. The molecule has 0 aliphatic rings. The van der Waals surface area contributed by atoms with Gasteiger partial charge in [-0.05, 0) is 57.5 Å². The van der Waals surface area contributed by atoms with Crippen LogP contribution in [-0.4, -0.2) is 133 Å². The Bertz CT molecular complexity index is 1030. The zero-order chi connectivity index (χ0) is 38.2. The third-order valence-corrected chi connectivity index (χ3v) is 7.31. The van der Waals surface area contributed by atoms with Gasteiger partial charge in [-0.25, -0.2) is 14.4 Å². The zero-order valence-corrected chi connectivity index (χ0v) is 30.0. The van der Waals surface area contributed by atoms with Crippen molar-refractivity contribution in [1.82, 2.24) is 26.6 Å². The normalized spacial score (nSPS) is 12.1. The number of thioether (sulfide) groups is 1. The number of rotatable bonds is 30. The van der Waals surface area contributed by atoms with Gasteiger partial charge >= 0.3 is 17.9 Å². The van der Waals surface area contributed by atoms with Gasteiger partial charge in [-0.1, -0.05) is 6.92 Å². The average Bonchev–Trinajstić information content (AvgIpc) is 3.07. The van der Waals surface area contributed by atoms with E-state index in [4.69, 9.17) is 14.6 Å². The number of carboxylic acid groups (broad SMARTS) is 3. The lowest BCUT2D eigenvalue weighted by Gasteiger charge is -2.17. The molecule has 18 nitrogen and oxygen atoms in total. The number of carbonyl (C=O) groups is 8. The molecule has 0 aliphatic carbocycles. The highest BCUT2D eigenvalue weighted by molar-refractivity contribution is 7.98. The predicted octanol–water partition coefficient (Wildman–Crippen LogP) is -0.120. The number of amides is 5. The van der Waals surface area contributed by atoms with Crippen LogP contribution in [0.5, 0.6) is 0 Å². The second-order valence-corrected chi connectivity index (χ2v) is 11.6. The third-order valence-electron chi connectivity index (χ3n) is 6.61. The molecule has 8 N–H and O–H groups in total. The van der Waals surface area contributed by atoms with Gasteiger partial charge in [0.1, 0.15) is 18.1 Å². The smallest absolute Gasteiger partial charge is 0.326 e. The number of carboxylic acids is 3. The molecule has 50 heavy (non-hydrogen) atoms. The van der Waals surface area contributed by atoms with Crippen LogP contribution in [0.1, 0.15) is 78.1 Å². The summed E-state index contributed by atoms with van der Waals surface area (Å²) in [4.78, 5) is 90.2. The zero-order valence-electron chi connectivity index (χ0n) is 29.2. The van der Waals surface area contributed by atoms with Crippen molar-refractivity contribution in [1.29, 1.82) is 0 Å². The van der Waals surface area contributed by atoms with E-state index in [0.29, 0.717) is 64.9 Å². The fourth-order valence-corrected chi connectivity index (χ4v) is 4.31. The number of carbonyl (C=O) groups excluding carboxylic acids is 5. The monoisotopic (exact) mass is 737 g/mol. The van der Waals surface area contributed by atoms with E-state index in [1.54, 1.807) is 18.7 Å². The molecule has 3 atom stereocenters. The molecule has 288 valence electrons. The van der Waals surface area contributed by atoms with Gasteiger partial charge in [-0.3, -0.25) is 24.0 Å². The molecule has 5 amide bonds. The SMILES string of the molecule is CCC(=O)NCCCCC(NC=O)C(=O)O.CCOCCOCCNC(=O)CCC(NC(=O)CCC(NC(=O)CCCSC)C(=O)O)C(=O)O. The number of hydrogen-bond acceptors (Lipinski definition) is 11. The Kier molecular flexibility index (Phi) is 31.1. The van der Waals surface area contributed by atoms with E-state index in [0.717, 1.165) is 5.75 Å². The average molecular weight is 738 g/mol. The van der Waals surface area contributed by atoms with E-state index < -0.39 is 47.8 Å². The van der Waals surface area contributed by atoms with Crippen LogP contribution in [0.2, 0.25) is 0 Å². The molecule has 0 fully saturated rings. The molecular weight excluding hydrogens is 682 g/mol. The minimum atomic E-state index is -1.31. The molecule has 19 heteroatoms. The first-order valence-corrected chi connectivity index (χ1v) is 17.9. The minimum absolute atomic E-state index is 0.0131. The lowest BCUT2D eigenvalue weighted by Crippen LogP contribution is -2.44. The molecule has 0 saturated carbocycles. The maximum atomic E-state index is 12.1. The van der Waals surface area contributed by atoms with Crippen molar-refractivity contribution in [2.75, 3.05) is 51.5 Å². The lowest BCUT2D eigenvalue weighted by molar-refractivity contribution is -0.143. The highest BCUT2D eigenvalue weighted by Gasteiger charge is 2.24. The van der Waals surface area contributed by atoms with Crippen molar-refractivity contribution in [2.24, 2.45) is 0 Å². The van der Waals surface area contributed by atoms with Gasteiger partial charge in [0.25, 0.3) is 0 Å². The van der Waals surface area contributed by atoms with Gasteiger partial charge in [0.15, 0.2) is 0 Å². The van der Waals surface area contributed by atoms with E-state index in [-0.39, 0.29) is 57.1 Å². The molecule has 0 radical (unpaired) electrons. The topological polar surface area (TPSA) is 276 Å². The summed E-state index contributed by atoms with van der Waals surface area (Å²) in [6.45, 7) is 6.18. The molecule has 0 bridgehead atoms. The van der Waals surface area contributed by atoms with Crippen LogP contribution in [0.4, 0.5) is 0 Å². The van der Waals surface area contributed by atoms with Gasteiger partial charge < -0.3 is 51.4 Å². The van der Waals surface area contributed by atoms with E-state index in [1.165, 1.54) is 0 Å². The number of unbranched alkanes of at least 4 members (excludes halogenated alkanes) is 1. The van der Waals surface area contributed by atoms with Crippen LogP contribution in [0, 0.1) is 0 Å². The molecule has 0 saturated heterocycles. The summed E-state index contributed by atoms with van der Waals surface area (Å²) in [7, 11) is 0. The maximum Gasteiger partial charge on any atom is 0.326 e. The van der Waals surface area contributed by atoms with Gasteiger partial charge in [0.2, 0.25) is 30.0 Å². The van der Waals surface area contributed by atoms with Crippen molar-refractivity contribution in [2.45, 2.75) is 96.2 Å². The summed E-state index contributed by atoms with van der Waals surface area (Å²) in [6, 6.07) is -3.39. The first-order chi connectivity index (χ1) is 23.8. The summed E-state index contributed by atoms with van der Waals surface area (Å²) >= 11 is 1.57. The van der Waals surface area contributed by atoms with Crippen LogP contribution < -0.4 is 26.6 Å². The van der Waals surface area contributed by atoms with Gasteiger partial charge in [-0.2, -0.15) is 11.8 Å². The highest BCUT2D eigenvalue weighted by atomic mass is 32.2. The summed E-state index contributed by atoms with van der Waals surface area (Å²) in [5, 5.41) is 39.4. The summed E-state index contributed by atoms with van der Waals surface area (Å²) < 4.78 is 10.4. The molecule has 0 aromatic carbocycles. The fourth-order valence-electron chi connectivity index (χ4n) is 3.88. The van der Waals surface area contributed by atoms with Crippen LogP contribution in [-0.2, 0) is 47.8 Å². The van der Waals surface area contributed by atoms with Gasteiger partial charge in [0, 0.05) is 45.4 Å². The Morgan fingerprint density at radius 2 is 1.18 bits per heavy atom. The fraction of sp³-hybridized carbons (Fsp3) is 0.742. The molecule has 0 rings (SSSR count). The molecule has 0 aromatic heterocycles. The second kappa shape index (κ2) is 32.2. The van der Waals surface area contributed by atoms with Crippen LogP contribution in [0.25, 0.3) is 0 Å². The van der Waals surface area contributed by atoms with Gasteiger partial charge in [-0.15, -0.1) is 0 Å². The second-order valence-electron chi connectivity index (χ2n) is 10.6. The molecule has 0 heterocycles. The Balaban J connectivity index is 0. The van der Waals surface area contributed by atoms with Crippen molar-refractivity contribution in [3.05, 3.63) is 0 Å². The van der Waals surface area contributed by atoms with Crippen LogP contribution >= 0.6 is 11.8 Å². The number of hydrogen-bond donors (Lipinski definition) is 8. The van der Waals surface area contributed by atoms with Gasteiger partial charge in [0.05, 0.1) is 19.8 Å². The standard InChI is InChI=1S/C21H37N3O9S.C10H18N2O4/c1-3-32-12-13-33-11-10-22-17(25)8-6-15(20(28)29)24-19(27)9-7-16(21(30)31)23-18(26)5-4-14-34-2;1-2-9(14)11-6-4-3-5-8(10(15)16)12-7-13/h15-16H,3-14H2,1-2H3,(H,22,25)(H,23,26)(H,24,27)(H,28,29)(H,30,31);7-8H,2-6H2,1H3,(H,11,14)(H,12,13)(H,15,16). The van der Waals surface area contributed by atoms with Crippen molar-refractivity contribution in [3.63, 3.8) is 0 Å². The third kappa shape index (κ3) is 29.0. The predicted molar refractivity (Wildman–Crippen MR) is 183 cm³/mol. The summed E-state index contributed by atoms with van der Waals surface area (Å²) in [5.41, 5.74) is 0. The Labute approximate surface area is 296 Å². The van der Waals surface area contributed by atoms with Crippen LogP contribution in [0.3, 0.4) is 0 Å². The Morgan fingerprint density at radius 1 is 0.640 bits per heavy atom. The van der Waals surface area contributed by atoms with Crippen molar-refractivity contribution >= 4 is 59.7 Å². The minimum Gasteiger partial charge on any atom is -0.480 e. The lowest BCUT2D eigenvalue weighted by atomic mass is 10.1. The number of ether oxygens (including phenoxy) is 2. The van der Waals surface area contributed by atoms with Crippen molar-refractivity contribution in [3.8, 4) is 0 Å². The summed E-state index contributed by atoms with van der Waals surface area (Å²) in [5.74, 6) is -4.36. The summed E-state index contributed by atoms with van der Waals surface area (Å²) in [6.07, 6.45) is 4.49. The molecule has 3 unspecified atom stereocenters. The van der Waals surface area contributed by atoms with Crippen molar-refractivity contribution < 1.29 is 63.1 Å². The van der Waals surface area contributed by atoms with E-state index >= 15 is 0 Å². The maximum absolute atomic E-state index is 12.1. The van der Waals surface area contributed by atoms with Crippen LogP contribution in [0.15, 0.2) is 0 Å². The number of nitrogens with one attached hydrogen (secondary N) is 5. The molecule has 0 spiro atoms. The Morgan fingerprint density at radius 3 is 1.70 bits per heavy atom. The molecule has 0 aromatic rings. The highest BCUT2D eigenvalue weighted by Crippen LogP contribution is 2.05. The first kappa shape index (κ1) is 48.1.